The first-order valence-electron chi connectivity index (χ1n) is 10.4. The van der Waals surface area contributed by atoms with E-state index in [9.17, 15) is 4.79 Å². The van der Waals surface area contributed by atoms with E-state index in [-0.39, 0.29) is 12.5 Å². The minimum atomic E-state index is -0.181. The van der Waals surface area contributed by atoms with Gasteiger partial charge in [-0.1, -0.05) is 54.6 Å². The number of carbonyl (C=O) groups is 1. The molecule has 1 amide bonds. The van der Waals surface area contributed by atoms with E-state index in [0.29, 0.717) is 43.6 Å². The molecule has 0 aliphatic rings. The lowest BCUT2D eigenvalue weighted by Crippen LogP contribution is -2.22. The quantitative estimate of drug-likeness (QED) is 0.415. The van der Waals surface area contributed by atoms with Crippen LogP contribution in [0.15, 0.2) is 78.9 Å². The van der Waals surface area contributed by atoms with Crippen molar-refractivity contribution in [1.82, 2.24) is 0 Å². The van der Waals surface area contributed by atoms with Crippen LogP contribution in [0.2, 0.25) is 0 Å². The molecule has 0 bridgehead atoms. The highest BCUT2D eigenvalue weighted by Crippen LogP contribution is 2.26. The van der Waals surface area contributed by atoms with Crippen molar-refractivity contribution in [1.29, 1.82) is 0 Å². The zero-order valence-electron chi connectivity index (χ0n) is 17.7. The third kappa shape index (κ3) is 7.35. The summed E-state index contributed by atoms with van der Waals surface area (Å²) in [5.74, 6) is 1.13. The van der Waals surface area contributed by atoms with Crippen LogP contribution in [0.25, 0.3) is 0 Å². The summed E-state index contributed by atoms with van der Waals surface area (Å²) < 4.78 is 16.9. The molecule has 0 saturated carbocycles. The lowest BCUT2D eigenvalue weighted by atomic mass is 10.2. The van der Waals surface area contributed by atoms with Gasteiger partial charge in [0.25, 0.3) is 0 Å². The summed E-state index contributed by atoms with van der Waals surface area (Å²) in [4.78, 5) is 12.5. The van der Waals surface area contributed by atoms with Gasteiger partial charge < -0.3 is 24.8 Å². The number of amides is 1. The van der Waals surface area contributed by atoms with Gasteiger partial charge in [-0.15, -0.1) is 0 Å². The molecule has 3 rings (SSSR count). The number of ether oxygens (including phenoxy) is 3. The molecule has 162 valence electrons. The van der Waals surface area contributed by atoms with Gasteiger partial charge in [-0.3, -0.25) is 4.79 Å². The van der Waals surface area contributed by atoms with E-state index in [4.69, 9.17) is 14.2 Å². The maximum Gasteiger partial charge on any atom is 0.243 e. The fraction of sp³-hybridized carbons (Fsp3) is 0.240. The first-order chi connectivity index (χ1) is 15.3. The second-order valence-corrected chi connectivity index (χ2v) is 6.71. The van der Waals surface area contributed by atoms with Gasteiger partial charge in [0.2, 0.25) is 5.91 Å². The Kier molecular flexibility index (Phi) is 8.76. The maximum atomic E-state index is 12.5. The number of carbonyl (C=O) groups excluding carboxylic acids is 1. The molecule has 0 saturated heterocycles. The van der Waals surface area contributed by atoms with Crippen LogP contribution in [0.1, 0.15) is 12.5 Å². The predicted octanol–water partition coefficient (Wildman–Crippen LogP) is 4.73. The Bertz CT molecular complexity index is 947. The highest BCUT2D eigenvalue weighted by molar-refractivity contribution is 5.95. The molecule has 0 unspecified atom stereocenters. The Morgan fingerprint density at radius 3 is 2.16 bits per heavy atom. The topological polar surface area (TPSA) is 68.8 Å². The van der Waals surface area contributed by atoms with Crippen molar-refractivity contribution in [3.63, 3.8) is 0 Å². The van der Waals surface area contributed by atoms with Crippen LogP contribution < -0.4 is 20.1 Å². The van der Waals surface area contributed by atoms with Crippen molar-refractivity contribution in [3.8, 4) is 11.5 Å². The van der Waals surface area contributed by atoms with Crippen molar-refractivity contribution >= 4 is 17.3 Å². The van der Waals surface area contributed by atoms with Gasteiger partial charge in [0.05, 0.1) is 24.5 Å². The average Bonchev–Trinajstić information content (AvgIpc) is 2.81. The van der Waals surface area contributed by atoms with Crippen LogP contribution >= 0.6 is 0 Å². The molecule has 0 aromatic heterocycles. The summed E-state index contributed by atoms with van der Waals surface area (Å²) in [5.41, 5.74) is 2.44. The van der Waals surface area contributed by atoms with E-state index < -0.39 is 0 Å². The standard InChI is InChI=1S/C25H28N2O4/c1-2-29-16-17-30-23-14-8-6-12-21(23)26-18-25(28)27-22-13-7-9-15-24(22)31-19-20-10-4-3-5-11-20/h3-15,26H,2,16-19H2,1H3,(H,27,28). The van der Waals surface area contributed by atoms with Crippen LogP contribution in [-0.4, -0.2) is 32.3 Å². The third-order valence-electron chi connectivity index (χ3n) is 4.41. The molecule has 0 fully saturated rings. The molecule has 6 nitrogen and oxygen atoms in total. The second-order valence-electron chi connectivity index (χ2n) is 6.71. The summed E-state index contributed by atoms with van der Waals surface area (Å²) >= 11 is 0. The van der Waals surface area contributed by atoms with Gasteiger partial charge in [-0.2, -0.15) is 0 Å². The molecular weight excluding hydrogens is 392 g/mol. The molecule has 6 heteroatoms. The summed E-state index contributed by atoms with van der Waals surface area (Å²) in [6, 6.07) is 24.8. The molecule has 3 aromatic carbocycles. The molecule has 2 N–H and O–H groups in total. The number of para-hydroxylation sites is 4. The molecule has 3 aromatic rings. The number of hydrogen-bond donors (Lipinski definition) is 2. The van der Waals surface area contributed by atoms with E-state index >= 15 is 0 Å². The van der Waals surface area contributed by atoms with Crippen LogP contribution in [0.4, 0.5) is 11.4 Å². The van der Waals surface area contributed by atoms with Gasteiger partial charge in [0.15, 0.2) is 0 Å². The summed E-state index contributed by atoms with van der Waals surface area (Å²) in [7, 11) is 0. The van der Waals surface area contributed by atoms with Crippen LogP contribution in [0.5, 0.6) is 11.5 Å². The highest BCUT2D eigenvalue weighted by Gasteiger charge is 2.09. The summed E-state index contributed by atoms with van der Waals surface area (Å²) in [6.45, 7) is 4.09. The monoisotopic (exact) mass is 420 g/mol. The molecule has 0 aliphatic carbocycles. The van der Waals surface area contributed by atoms with Crippen molar-refractivity contribution in [3.05, 3.63) is 84.4 Å². The van der Waals surface area contributed by atoms with E-state index in [2.05, 4.69) is 10.6 Å². The van der Waals surface area contributed by atoms with Crippen molar-refractivity contribution in [2.45, 2.75) is 13.5 Å². The minimum absolute atomic E-state index is 0.0961. The Balaban J connectivity index is 1.53. The highest BCUT2D eigenvalue weighted by atomic mass is 16.5. The number of nitrogens with one attached hydrogen (secondary N) is 2. The molecule has 0 heterocycles. The molecule has 0 radical (unpaired) electrons. The smallest absolute Gasteiger partial charge is 0.243 e. The Hall–Kier alpha value is -3.51. The Morgan fingerprint density at radius 1 is 0.774 bits per heavy atom. The van der Waals surface area contributed by atoms with Crippen molar-refractivity contribution in [2.24, 2.45) is 0 Å². The molecule has 31 heavy (non-hydrogen) atoms. The molecular formula is C25H28N2O4. The number of benzene rings is 3. The van der Waals surface area contributed by atoms with Gasteiger partial charge in [-0.05, 0) is 36.8 Å². The van der Waals surface area contributed by atoms with Crippen molar-refractivity contribution < 1.29 is 19.0 Å². The van der Waals surface area contributed by atoms with Gasteiger partial charge >= 0.3 is 0 Å². The molecule has 0 aliphatic heterocycles. The Labute approximate surface area is 183 Å². The summed E-state index contributed by atoms with van der Waals surface area (Å²) in [6.07, 6.45) is 0. The van der Waals surface area contributed by atoms with E-state index in [1.54, 1.807) is 0 Å². The van der Waals surface area contributed by atoms with Gasteiger partial charge in [0, 0.05) is 6.61 Å². The second kappa shape index (κ2) is 12.2. The molecule has 0 spiro atoms. The zero-order valence-corrected chi connectivity index (χ0v) is 17.7. The van der Waals surface area contributed by atoms with E-state index in [1.165, 1.54) is 0 Å². The zero-order chi connectivity index (χ0) is 21.7. The Morgan fingerprint density at radius 2 is 1.42 bits per heavy atom. The largest absolute Gasteiger partial charge is 0.489 e. The van der Waals surface area contributed by atoms with Crippen LogP contribution in [0, 0.1) is 0 Å². The number of anilines is 2. The number of rotatable bonds is 12. The van der Waals surface area contributed by atoms with Gasteiger partial charge in [0.1, 0.15) is 24.7 Å². The van der Waals surface area contributed by atoms with Crippen molar-refractivity contribution in [2.75, 3.05) is 37.0 Å². The minimum Gasteiger partial charge on any atom is -0.489 e. The third-order valence-corrected chi connectivity index (χ3v) is 4.41. The lowest BCUT2D eigenvalue weighted by molar-refractivity contribution is -0.114. The first-order valence-corrected chi connectivity index (χ1v) is 10.4. The van der Waals surface area contributed by atoms with E-state index in [0.717, 1.165) is 11.3 Å². The van der Waals surface area contributed by atoms with Crippen LogP contribution in [-0.2, 0) is 16.1 Å². The fourth-order valence-electron chi connectivity index (χ4n) is 2.89. The molecule has 0 atom stereocenters. The van der Waals surface area contributed by atoms with E-state index in [1.807, 2.05) is 85.8 Å². The summed E-state index contributed by atoms with van der Waals surface area (Å²) in [5, 5.41) is 6.04. The van der Waals surface area contributed by atoms with Crippen LogP contribution in [0.3, 0.4) is 0 Å². The predicted molar refractivity (Wildman–Crippen MR) is 123 cm³/mol. The van der Waals surface area contributed by atoms with Gasteiger partial charge in [-0.25, -0.2) is 0 Å². The lowest BCUT2D eigenvalue weighted by Gasteiger charge is -2.15. The first kappa shape index (κ1) is 22.2. The fourth-order valence-corrected chi connectivity index (χ4v) is 2.89. The number of hydrogen-bond acceptors (Lipinski definition) is 5. The maximum absolute atomic E-state index is 12.5. The normalized spacial score (nSPS) is 10.4. The average molecular weight is 421 g/mol. The SMILES string of the molecule is CCOCCOc1ccccc1NCC(=O)Nc1ccccc1OCc1ccccc1.